The minimum atomic E-state index is -1.66. The maximum atomic E-state index is 6.75. The summed E-state index contributed by atoms with van der Waals surface area (Å²) in [6.07, 6.45) is 14.5. The van der Waals surface area contributed by atoms with Gasteiger partial charge in [0.05, 0.1) is 20.1 Å². The molecule has 2 unspecified atom stereocenters. The highest BCUT2D eigenvalue weighted by atomic mass is 28.3. The molecule has 3 aliphatic rings. The van der Waals surface area contributed by atoms with E-state index in [0.717, 1.165) is 47.0 Å². The highest BCUT2D eigenvalue weighted by molar-refractivity contribution is 6.89. The van der Waals surface area contributed by atoms with Crippen molar-refractivity contribution in [2.24, 2.45) is 0 Å². The number of furan rings is 1. The van der Waals surface area contributed by atoms with Crippen LogP contribution in [0.3, 0.4) is 0 Å². The molecule has 0 radical (unpaired) electrons. The number of aromatic nitrogens is 3. The largest absolute Gasteiger partial charge is 0.437 e. The van der Waals surface area contributed by atoms with Gasteiger partial charge in [-0.15, -0.1) is 0 Å². The van der Waals surface area contributed by atoms with Crippen LogP contribution in [0.1, 0.15) is 111 Å². The second-order valence-electron chi connectivity index (χ2n) is 17.3. The molecule has 0 N–H and O–H groups in total. The maximum absolute atomic E-state index is 6.75. The van der Waals surface area contributed by atoms with E-state index in [4.69, 9.17) is 16.0 Å². The molecule has 2 aromatic carbocycles. The molecule has 6 aromatic rings. The first kappa shape index (κ1) is 33.5. The summed E-state index contributed by atoms with van der Waals surface area (Å²) < 4.78 is 11.9. The number of nitrogens with zero attached hydrogens (tertiary/aromatic N) is 3. The lowest BCUT2D eigenvalue weighted by atomic mass is 9.76. The third-order valence-corrected chi connectivity index (χ3v) is 14.6. The zero-order chi connectivity index (χ0) is 35.9. The number of pyridine rings is 3. The van der Waals surface area contributed by atoms with Crippen LogP contribution in [0.25, 0.3) is 50.3 Å². The van der Waals surface area contributed by atoms with Crippen molar-refractivity contribution in [3.05, 3.63) is 114 Å². The Morgan fingerprint density at radius 1 is 0.865 bits per heavy atom. The van der Waals surface area contributed by atoms with E-state index in [1.165, 1.54) is 71.3 Å². The first-order valence-corrected chi connectivity index (χ1v) is 23.3. The van der Waals surface area contributed by atoms with E-state index >= 15 is 0 Å². The second-order valence-corrected chi connectivity index (χ2v) is 22.4. The van der Waals surface area contributed by atoms with Crippen LogP contribution in [0.5, 0.6) is 0 Å². The van der Waals surface area contributed by atoms with Crippen LogP contribution in [0.4, 0.5) is 0 Å². The van der Waals surface area contributed by atoms with Gasteiger partial charge in [0.2, 0.25) is 17.1 Å². The fourth-order valence-electron chi connectivity index (χ4n) is 9.83. The average Bonchev–Trinajstić information content (AvgIpc) is 3.50. The SMILES string of the molecule is C=C1CC2C(CCc3ccc4c(oc5nc(C)ccc54)c3-c3cc(C(C)C)cc[n+]31)c1ccccc1-c1cc(C3CCCCC3)c([Si](C)(C)C)c[n+]12. The molecule has 9 rings (SSSR count). The van der Waals surface area contributed by atoms with Gasteiger partial charge in [-0.05, 0) is 91.5 Å². The third kappa shape index (κ3) is 5.50. The molecule has 1 saturated carbocycles. The van der Waals surface area contributed by atoms with Crippen LogP contribution in [-0.4, -0.2) is 13.1 Å². The Bertz CT molecular complexity index is 2390. The van der Waals surface area contributed by atoms with Gasteiger partial charge >= 0.3 is 0 Å². The van der Waals surface area contributed by atoms with Crippen LogP contribution < -0.4 is 14.3 Å². The highest BCUT2D eigenvalue weighted by Gasteiger charge is 2.44. The summed E-state index contributed by atoms with van der Waals surface area (Å²) in [4.78, 5) is 4.82. The predicted molar refractivity (Wildman–Crippen MR) is 217 cm³/mol. The fourth-order valence-corrected chi connectivity index (χ4v) is 11.5. The predicted octanol–water partition coefficient (Wildman–Crippen LogP) is 11.1. The van der Waals surface area contributed by atoms with Crippen molar-refractivity contribution in [3.8, 4) is 22.5 Å². The standard InChI is InChI=1S/C47H53N3OSi/c1-29(2)34-23-24-49-31(4)25-41-37(21-18-33-19-22-38-39-20-17-30(3)48-47(39)51-46(38)45(33)43(49)26-34)35-15-11-12-16-36(35)42-27-40(32-13-9-8-10-14-32)44(28-50(41)42)52(5,6)7/h11-12,15-17,19-20,22-24,26-29,32,37,41H,4,8-10,13-14,18,21,25H2,1-3,5-7H3/q+2. The number of allylic oxidation sites excluding steroid dienone is 1. The van der Waals surface area contributed by atoms with Gasteiger partial charge in [-0.25, -0.2) is 4.98 Å². The zero-order valence-electron chi connectivity index (χ0n) is 31.9. The van der Waals surface area contributed by atoms with Gasteiger partial charge in [0.15, 0.2) is 29.7 Å². The number of hydrogen-bond donors (Lipinski definition) is 0. The van der Waals surface area contributed by atoms with E-state index in [1.807, 2.05) is 6.92 Å². The van der Waals surface area contributed by atoms with Gasteiger partial charge in [-0.3, -0.25) is 0 Å². The lowest BCUT2D eigenvalue weighted by molar-refractivity contribution is -0.719. The molecule has 264 valence electrons. The summed E-state index contributed by atoms with van der Waals surface area (Å²) >= 11 is 0. The molecule has 2 atom stereocenters. The van der Waals surface area contributed by atoms with Gasteiger partial charge in [0.1, 0.15) is 0 Å². The van der Waals surface area contributed by atoms with Crippen LogP contribution in [0.15, 0.2) is 90.1 Å². The summed E-state index contributed by atoms with van der Waals surface area (Å²) in [6, 6.07) is 25.8. The van der Waals surface area contributed by atoms with Gasteiger partial charge in [0, 0.05) is 51.3 Å². The highest BCUT2D eigenvalue weighted by Crippen LogP contribution is 2.46. The second kappa shape index (κ2) is 12.7. The monoisotopic (exact) mass is 703 g/mol. The van der Waals surface area contributed by atoms with Crippen molar-refractivity contribution in [1.82, 2.24) is 4.98 Å². The summed E-state index contributed by atoms with van der Waals surface area (Å²) in [7, 11) is -1.66. The van der Waals surface area contributed by atoms with E-state index in [2.05, 4.69) is 122 Å². The van der Waals surface area contributed by atoms with Gasteiger partial charge in [-0.2, -0.15) is 9.13 Å². The molecule has 2 aliphatic heterocycles. The number of rotatable bonds is 3. The topological polar surface area (TPSA) is 33.8 Å². The van der Waals surface area contributed by atoms with Crippen molar-refractivity contribution in [2.75, 3.05) is 0 Å². The smallest absolute Gasteiger partial charge is 0.227 e. The lowest BCUT2D eigenvalue weighted by Crippen LogP contribution is -2.55. The maximum Gasteiger partial charge on any atom is 0.227 e. The van der Waals surface area contributed by atoms with E-state index < -0.39 is 8.07 Å². The van der Waals surface area contributed by atoms with E-state index in [-0.39, 0.29) is 6.04 Å². The molecule has 1 aliphatic carbocycles. The van der Waals surface area contributed by atoms with Crippen molar-refractivity contribution >= 4 is 41.0 Å². The number of aryl methyl sites for hydroxylation is 2. The Labute approximate surface area is 310 Å². The molecule has 4 aromatic heterocycles. The molecule has 0 bridgehead atoms. The summed E-state index contributed by atoms with van der Waals surface area (Å²) in [6.45, 7) is 19.2. The number of benzene rings is 2. The number of hydrogen-bond acceptors (Lipinski definition) is 2. The third-order valence-electron chi connectivity index (χ3n) is 12.6. The molecular weight excluding hydrogens is 651 g/mol. The molecule has 6 heterocycles. The minimum absolute atomic E-state index is 0.265. The van der Waals surface area contributed by atoms with E-state index in [0.29, 0.717) is 23.5 Å². The Kier molecular flexibility index (Phi) is 8.15. The van der Waals surface area contributed by atoms with Crippen molar-refractivity contribution in [2.45, 2.75) is 116 Å². The van der Waals surface area contributed by atoms with Crippen molar-refractivity contribution in [3.63, 3.8) is 0 Å². The van der Waals surface area contributed by atoms with Gasteiger partial charge in [0.25, 0.3) is 0 Å². The first-order chi connectivity index (χ1) is 25.1. The zero-order valence-corrected chi connectivity index (χ0v) is 32.9. The van der Waals surface area contributed by atoms with Crippen LogP contribution in [0, 0.1) is 6.92 Å². The first-order valence-electron chi connectivity index (χ1n) is 19.8. The molecule has 0 spiro atoms. The van der Waals surface area contributed by atoms with Crippen LogP contribution in [-0.2, 0) is 6.42 Å². The summed E-state index contributed by atoms with van der Waals surface area (Å²) in [5.74, 6) is 1.42. The normalized spacial score (nSPS) is 19.2. The average molecular weight is 704 g/mol. The molecule has 5 heteroatoms. The lowest BCUT2D eigenvalue weighted by Gasteiger charge is -2.34. The summed E-state index contributed by atoms with van der Waals surface area (Å²) in [5, 5.41) is 3.86. The Hall–Kier alpha value is -4.35. The number of fused-ring (bicyclic) bond motifs is 13. The Morgan fingerprint density at radius 3 is 2.44 bits per heavy atom. The van der Waals surface area contributed by atoms with Crippen molar-refractivity contribution in [1.29, 1.82) is 0 Å². The molecule has 0 amide bonds. The Morgan fingerprint density at radius 2 is 1.65 bits per heavy atom. The molecule has 1 fully saturated rings. The van der Waals surface area contributed by atoms with Crippen LogP contribution in [0.2, 0.25) is 19.6 Å². The minimum Gasteiger partial charge on any atom is -0.437 e. The van der Waals surface area contributed by atoms with Gasteiger partial charge < -0.3 is 4.42 Å². The van der Waals surface area contributed by atoms with Crippen LogP contribution >= 0.6 is 0 Å². The molecule has 0 saturated heterocycles. The van der Waals surface area contributed by atoms with E-state index in [9.17, 15) is 0 Å². The molecular formula is C47H53N3OSi+2. The quantitative estimate of drug-likeness (QED) is 0.136. The molecule has 4 nitrogen and oxygen atoms in total. The summed E-state index contributed by atoms with van der Waals surface area (Å²) in [5.41, 5.74) is 14.7. The molecule has 52 heavy (non-hydrogen) atoms. The van der Waals surface area contributed by atoms with Crippen molar-refractivity contribution < 1.29 is 13.6 Å². The Balaban J connectivity index is 1.27. The van der Waals surface area contributed by atoms with E-state index in [1.54, 1.807) is 10.8 Å². The van der Waals surface area contributed by atoms with Gasteiger partial charge in [-0.1, -0.05) is 83.1 Å². The fraction of sp³-hybridized carbons (Fsp3) is 0.383.